The Morgan fingerprint density at radius 1 is 1.31 bits per heavy atom. The van der Waals surface area contributed by atoms with Crippen LogP contribution in [0.15, 0.2) is 30.3 Å². The Labute approximate surface area is 99.3 Å². The van der Waals surface area contributed by atoms with Gasteiger partial charge in [0.05, 0.1) is 6.61 Å². The van der Waals surface area contributed by atoms with Gasteiger partial charge in [0.15, 0.2) is 0 Å². The summed E-state index contributed by atoms with van der Waals surface area (Å²) < 4.78 is 14.7. The largest absolute Gasteiger partial charge is 0.469 e. The normalized spacial score (nSPS) is 11.6. The van der Waals surface area contributed by atoms with Crippen LogP contribution in [0.4, 0.5) is 0 Å². The van der Waals surface area contributed by atoms with E-state index in [1.807, 2.05) is 30.3 Å². The zero-order valence-electron chi connectivity index (χ0n) is 8.65. The Hall–Kier alpha value is -0.320. The second-order valence-corrected chi connectivity index (χ2v) is 5.40. The van der Waals surface area contributed by atoms with Crippen LogP contribution in [0.25, 0.3) is 0 Å². The van der Waals surface area contributed by atoms with Crippen LogP contribution >= 0.6 is 19.6 Å². The highest BCUT2D eigenvalue weighted by molar-refractivity contribution is 7.99. The van der Waals surface area contributed by atoms with E-state index in [0.717, 1.165) is 11.3 Å². The van der Waals surface area contributed by atoms with Crippen LogP contribution in [0.1, 0.15) is 5.56 Å². The van der Waals surface area contributed by atoms with Crippen molar-refractivity contribution in [2.45, 2.75) is 0 Å². The van der Waals surface area contributed by atoms with Gasteiger partial charge in [-0.2, -0.15) is 11.8 Å². The maximum atomic E-state index is 10.3. The van der Waals surface area contributed by atoms with Gasteiger partial charge in [-0.05, 0) is 5.56 Å². The molecule has 0 fully saturated rings. The molecule has 0 aliphatic rings. The third-order valence-corrected chi connectivity index (χ3v) is 3.10. The molecule has 0 unspecified atom stereocenters. The van der Waals surface area contributed by atoms with Gasteiger partial charge in [-0.15, -0.1) is 0 Å². The smallest absolute Gasteiger partial charge is 0.303 e. The van der Waals surface area contributed by atoms with Crippen molar-refractivity contribution in [1.82, 2.24) is 0 Å². The SMILES string of the molecule is O=P(O)(O)OCCSC[CH]c1ccccc1. The lowest BCUT2D eigenvalue weighted by Crippen LogP contribution is -1.96. The van der Waals surface area contributed by atoms with Crippen LogP contribution in [0, 0.1) is 6.42 Å². The highest BCUT2D eigenvalue weighted by Crippen LogP contribution is 2.35. The maximum absolute atomic E-state index is 10.3. The van der Waals surface area contributed by atoms with E-state index in [0.29, 0.717) is 5.75 Å². The molecule has 0 atom stereocenters. The van der Waals surface area contributed by atoms with E-state index >= 15 is 0 Å². The van der Waals surface area contributed by atoms with Gasteiger partial charge in [0.2, 0.25) is 0 Å². The van der Waals surface area contributed by atoms with Crippen molar-refractivity contribution >= 4 is 19.6 Å². The van der Waals surface area contributed by atoms with Crippen LogP contribution in [0.5, 0.6) is 0 Å². The van der Waals surface area contributed by atoms with Gasteiger partial charge in [-0.3, -0.25) is 4.52 Å². The summed E-state index contributed by atoms with van der Waals surface area (Å²) in [5, 5.41) is 0. The monoisotopic (exact) mass is 261 g/mol. The van der Waals surface area contributed by atoms with Gasteiger partial charge in [0.25, 0.3) is 0 Å². The first kappa shape index (κ1) is 13.7. The molecular formula is C10H14O4PS. The minimum Gasteiger partial charge on any atom is -0.303 e. The molecule has 0 amide bonds. The molecule has 4 nitrogen and oxygen atoms in total. The fourth-order valence-electron chi connectivity index (χ4n) is 1.04. The molecule has 1 aromatic carbocycles. The van der Waals surface area contributed by atoms with Crippen LogP contribution < -0.4 is 0 Å². The topological polar surface area (TPSA) is 66.8 Å². The van der Waals surface area contributed by atoms with E-state index < -0.39 is 7.82 Å². The van der Waals surface area contributed by atoms with E-state index in [2.05, 4.69) is 10.9 Å². The summed E-state index contributed by atoms with van der Waals surface area (Å²) in [6.45, 7) is 0.0670. The molecule has 1 rings (SSSR count). The van der Waals surface area contributed by atoms with Crippen molar-refractivity contribution < 1.29 is 18.9 Å². The molecular weight excluding hydrogens is 247 g/mol. The number of phosphoric ester groups is 1. The molecule has 0 aliphatic carbocycles. The Kier molecular flexibility index (Phi) is 6.09. The summed E-state index contributed by atoms with van der Waals surface area (Å²) in [5.74, 6) is 1.36. The van der Waals surface area contributed by atoms with Crippen LogP contribution in [-0.2, 0) is 9.09 Å². The third kappa shape index (κ3) is 7.04. The predicted octanol–water partition coefficient (Wildman–Crippen LogP) is 2.08. The van der Waals surface area contributed by atoms with Gasteiger partial charge in [-0.1, -0.05) is 30.3 Å². The number of rotatable bonds is 7. The summed E-state index contributed by atoms with van der Waals surface area (Å²) in [5.41, 5.74) is 1.14. The van der Waals surface area contributed by atoms with E-state index in [1.54, 1.807) is 11.8 Å². The molecule has 6 heteroatoms. The van der Waals surface area contributed by atoms with E-state index in [9.17, 15) is 4.57 Å². The summed E-state index contributed by atoms with van der Waals surface area (Å²) in [4.78, 5) is 16.8. The predicted molar refractivity (Wildman–Crippen MR) is 65.2 cm³/mol. The minimum absolute atomic E-state index is 0.0670. The molecule has 0 saturated carbocycles. The van der Waals surface area contributed by atoms with E-state index in [1.165, 1.54) is 0 Å². The highest BCUT2D eigenvalue weighted by atomic mass is 32.2. The van der Waals surface area contributed by atoms with Crippen molar-refractivity contribution in [3.8, 4) is 0 Å². The molecule has 16 heavy (non-hydrogen) atoms. The fourth-order valence-corrected chi connectivity index (χ4v) is 2.17. The molecule has 1 radical (unpaired) electrons. The number of thioether (sulfide) groups is 1. The summed E-state index contributed by atoms with van der Waals surface area (Å²) in [7, 11) is -4.30. The first-order chi connectivity index (χ1) is 7.58. The van der Waals surface area contributed by atoms with Gasteiger partial charge >= 0.3 is 7.82 Å². The number of hydrogen-bond donors (Lipinski definition) is 2. The summed E-state index contributed by atoms with van der Waals surface area (Å²) in [6.07, 6.45) is 2.06. The van der Waals surface area contributed by atoms with Crippen molar-refractivity contribution in [3.05, 3.63) is 42.3 Å². The molecule has 0 spiro atoms. The van der Waals surface area contributed by atoms with Gasteiger partial charge in [0.1, 0.15) is 0 Å². The van der Waals surface area contributed by atoms with E-state index in [-0.39, 0.29) is 6.61 Å². The highest BCUT2D eigenvalue weighted by Gasteiger charge is 2.12. The first-order valence-corrected chi connectivity index (χ1v) is 7.42. The van der Waals surface area contributed by atoms with Gasteiger partial charge in [0, 0.05) is 17.9 Å². The minimum atomic E-state index is -4.30. The van der Waals surface area contributed by atoms with Crippen LogP contribution in [0.2, 0.25) is 0 Å². The number of benzene rings is 1. The number of phosphoric acid groups is 1. The molecule has 1 aromatic rings. The molecule has 89 valence electrons. The Morgan fingerprint density at radius 2 is 2.00 bits per heavy atom. The van der Waals surface area contributed by atoms with Crippen molar-refractivity contribution in [2.24, 2.45) is 0 Å². The van der Waals surface area contributed by atoms with Gasteiger partial charge in [-0.25, -0.2) is 4.57 Å². The molecule has 0 heterocycles. The average Bonchev–Trinajstić information content (AvgIpc) is 2.23. The van der Waals surface area contributed by atoms with Crippen LogP contribution in [-0.4, -0.2) is 27.9 Å². The zero-order chi connectivity index (χ0) is 11.9. The van der Waals surface area contributed by atoms with Crippen LogP contribution in [0.3, 0.4) is 0 Å². The standard InChI is InChI=1S/C10H14O4PS/c11-15(12,13)14-7-9-16-8-6-10-4-2-1-3-5-10/h1-6H,7-9H2,(H2,11,12,13). The Balaban J connectivity index is 2.03. The Morgan fingerprint density at radius 3 is 2.62 bits per heavy atom. The zero-order valence-corrected chi connectivity index (χ0v) is 10.4. The lowest BCUT2D eigenvalue weighted by atomic mass is 10.2. The molecule has 0 saturated heterocycles. The quantitative estimate of drug-likeness (QED) is 0.581. The molecule has 2 N–H and O–H groups in total. The number of hydrogen-bond acceptors (Lipinski definition) is 3. The average molecular weight is 261 g/mol. The van der Waals surface area contributed by atoms with Crippen molar-refractivity contribution in [2.75, 3.05) is 18.1 Å². The first-order valence-electron chi connectivity index (χ1n) is 4.74. The third-order valence-electron chi connectivity index (χ3n) is 1.72. The van der Waals surface area contributed by atoms with E-state index in [4.69, 9.17) is 9.79 Å². The molecule has 0 aliphatic heterocycles. The van der Waals surface area contributed by atoms with Gasteiger partial charge < -0.3 is 9.79 Å². The fraction of sp³-hybridized carbons (Fsp3) is 0.300. The summed E-state index contributed by atoms with van der Waals surface area (Å²) in [6, 6.07) is 9.90. The summed E-state index contributed by atoms with van der Waals surface area (Å²) >= 11 is 1.56. The Bertz CT molecular complexity index is 338. The maximum Gasteiger partial charge on any atom is 0.469 e. The lowest BCUT2D eigenvalue weighted by molar-refractivity contribution is 0.208. The lowest BCUT2D eigenvalue weighted by Gasteiger charge is -2.04. The van der Waals surface area contributed by atoms with Crippen molar-refractivity contribution in [1.29, 1.82) is 0 Å². The molecule has 0 bridgehead atoms. The van der Waals surface area contributed by atoms with Crippen molar-refractivity contribution in [3.63, 3.8) is 0 Å². The second-order valence-electron chi connectivity index (χ2n) is 3.01. The molecule has 0 aromatic heterocycles. The second kappa shape index (κ2) is 7.09.